The van der Waals surface area contributed by atoms with E-state index in [0.29, 0.717) is 13.2 Å². The average molecular weight is 264 g/mol. The van der Waals surface area contributed by atoms with Gasteiger partial charge in [-0.05, 0) is 32.9 Å². The van der Waals surface area contributed by atoms with Gasteiger partial charge in [0.05, 0.1) is 6.54 Å². The Morgan fingerprint density at radius 1 is 1.32 bits per heavy atom. The monoisotopic (exact) mass is 264 g/mol. The number of rotatable bonds is 2. The van der Waals surface area contributed by atoms with E-state index in [2.05, 4.69) is 10.6 Å². The zero-order valence-corrected chi connectivity index (χ0v) is 11.5. The van der Waals surface area contributed by atoms with Crippen molar-refractivity contribution in [2.75, 3.05) is 13.2 Å². The van der Waals surface area contributed by atoms with E-state index in [1.54, 1.807) is 0 Å². The van der Waals surface area contributed by atoms with Crippen molar-refractivity contribution in [2.45, 2.75) is 32.4 Å². The highest BCUT2D eigenvalue weighted by molar-refractivity contribution is 5.74. The van der Waals surface area contributed by atoms with E-state index in [1.165, 1.54) is 0 Å². The molecule has 2 amide bonds. The quantitative estimate of drug-likeness (QED) is 0.858. The molecule has 2 N–H and O–H groups in total. The number of benzene rings is 1. The average Bonchev–Trinajstić information content (AvgIpc) is 2.34. The van der Waals surface area contributed by atoms with Gasteiger partial charge in [-0.2, -0.15) is 0 Å². The number of hydrogen-bond acceptors (Lipinski definition) is 3. The number of carbonyl (C=O) groups excluding carboxylic acids is 1. The van der Waals surface area contributed by atoms with Gasteiger partial charge in [-0.1, -0.05) is 12.1 Å². The minimum Gasteiger partial charge on any atom is -0.486 e. The van der Waals surface area contributed by atoms with E-state index in [9.17, 15) is 4.79 Å². The predicted molar refractivity (Wildman–Crippen MR) is 72.6 cm³/mol. The number of fused-ring (bicyclic) bond motifs is 1. The molecule has 1 aliphatic rings. The summed E-state index contributed by atoms with van der Waals surface area (Å²) < 4.78 is 11.3. The molecule has 104 valence electrons. The third-order valence-electron chi connectivity index (χ3n) is 2.55. The Morgan fingerprint density at radius 2 is 2.00 bits per heavy atom. The Hall–Kier alpha value is -1.91. The van der Waals surface area contributed by atoms with Gasteiger partial charge in [0.1, 0.15) is 6.61 Å². The van der Waals surface area contributed by atoms with Crippen LogP contribution in [0.1, 0.15) is 20.8 Å². The van der Waals surface area contributed by atoms with Gasteiger partial charge >= 0.3 is 6.03 Å². The number of hydrogen-bond donors (Lipinski definition) is 2. The topological polar surface area (TPSA) is 59.6 Å². The van der Waals surface area contributed by atoms with Crippen LogP contribution in [0.2, 0.25) is 0 Å². The fraction of sp³-hybridized carbons (Fsp3) is 0.500. The first-order chi connectivity index (χ1) is 8.94. The van der Waals surface area contributed by atoms with Crippen molar-refractivity contribution in [1.82, 2.24) is 10.6 Å². The van der Waals surface area contributed by atoms with Crippen molar-refractivity contribution in [3.05, 3.63) is 24.3 Å². The lowest BCUT2D eigenvalue weighted by molar-refractivity contribution is 0.0915. The lowest BCUT2D eigenvalue weighted by Crippen LogP contribution is -2.49. The van der Waals surface area contributed by atoms with Crippen LogP contribution in [0, 0.1) is 0 Å². The lowest BCUT2D eigenvalue weighted by Gasteiger charge is -2.27. The molecule has 1 atom stereocenters. The molecule has 0 spiro atoms. The molecule has 1 heterocycles. The van der Waals surface area contributed by atoms with E-state index < -0.39 is 0 Å². The summed E-state index contributed by atoms with van der Waals surface area (Å²) in [4.78, 5) is 11.6. The van der Waals surface area contributed by atoms with Crippen LogP contribution in [0.25, 0.3) is 0 Å². The normalized spacial score (nSPS) is 17.7. The SMILES string of the molecule is CC(C)(C)NC(=O)NCC1COc2ccccc2O1. The number of amides is 2. The summed E-state index contributed by atoms with van der Waals surface area (Å²) in [5.41, 5.74) is -0.249. The van der Waals surface area contributed by atoms with Gasteiger partial charge in [0.15, 0.2) is 17.6 Å². The maximum absolute atomic E-state index is 11.6. The lowest BCUT2D eigenvalue weighted by atomic mass is 10.1. The number of ether oxygens (including phenoxy) is 2. The molecule has 1 aromatic rings. The van der Waals surface area contributed by atoms with Crippen molar-refractivity contribution >= 4 is 6.03 Å². The number of carbonyl (C=O) groups is 1. The maximum Gasteiger partial charge on any atom is 0.315 e. The molecule has 0 radical (unpaired) electrons. The highest BCUT2D eigenvalue weighted by Crippen LogP contribution is 2.30. The summed E-state index contributed by atoms with van der Waals surface area (Å²) in [5.74, 6) is 1.47. The molecule has 0 aromatic heterocycles. The van der Waals surface area contributed by atoms with Crippen molar-refractivity contribution in [2.24, 2.45) is 0 Å². The number of urea groups is 1. The third kappa shape index (κ3) is 4.05. The Labute approximate surface area is 113 Å². The highest BCUT2D eigenvalue weighted by Gasteiger charge is 2.21. The first-order valence-corrected chi connectivity index (χ1v) is 6.38. The summed E-state index contributed by atoms with van der Waals surface area (Å²) in [5, 5.41) is 5.62. The van der Waals surface area contributed by atoms with Crippen molar-refractivity contribution in [3.63, 3.8) is 0 Å². The Morgan fingerprint density at radius 3 is 2.68 bits per heavy atom. The fourth-order valence-corrected chi connectivity index (χ4v) is 1.75. The maximum atomic E-state index is 11.6. The van der Waals surface area contributed by atoms with Crippen LogP contribution in [0.15, 0.2) is 24.3 Å². The Balaban J connectivity index is 1.81. The molecule has 5 nitrogen and oxygen atoms in total. The number of para-hydroxylation sites is 2. The van der Waals surface area contributed by atoms with Crippen molar-refractivity contribution in [1.29, 1.82) is 0 Å². The molecule has 0 fully saturated rings. The van der Waals surface area contributed by atoms with Crippen molar-refractivity contribution < 1.29 is 14.3 Å². The van der Waals surface area contributed by atoms with E-state index in [0.717, 1.165) is 11.5 Å². The highest BCUT2D eigenvalue weighted by atomic mass is 16.6. The van der Waals surface area contributed by atoms with Crippen LogP contribution in [0.4, 0.5) is 4.79 Å². The van der Waals surface area contributed by atoms with Gasteiger partial charge in [0, 0.05) is 5.54 Å². The van der Waals surface area contributed by atoms with Gasteiger partial charge in [0.2, 0.25) is 0 Å². The number of nitrogens with one attached hydrogen (secondary N) is 2. The minimum atomic E-state index is -0.249. The largest absolute Gasteiger partial charge is 0.486 e. The molecule has 1 aliphatic heterocycles. The molecule has 1 unspecified atom stereocenters. The molecule has 2 rings (SSSR count). The summed E-state index contributed by atoms with van der Waals surface area (Å²) in [6, 6.07) is 7.32. The van der Waals surface area contributed by atoms with Crippen LogP contribution in [0.3, 0.4) is 0 Å². The summed E-state index contributed by atoms with van der Waals surface area (Å²) >= 11 is 0. The molecule has 0 saturated carbocycles. The molecule has 0 saturated heterocycles. The second kappa shape index (κ2) is 5.38. The van der Waals surface area contributed by atoms with E-state index >= 15 is 0 Å². The Kier molecular flexibility index (Phi) is 3.83. The van der Waals surface area contributed by atoms with Gasteiger partial charge < -0.3 is 20.1 Å². The van der Waals surface area contributed by atoms with E-state index in [4.69, 9.17) is 9.47 Å². The van der Waals surface area contributed by atoms with Gasteiger partial charge in [-0.15, -0.1) is 0 Å². The third-order valence-corrected chi connectivity index (χ3v) is 2.55. The molecule has 19 heavy (non-hydrogen) atoms. The minimum absolute atomic E-state index is 0.166. The molecule has 0 aliphatic carbocycles. The first kappa shape index (κ1) is 13.5. The molecular formula is C14H20N2O3. The van der Waals surface area contributed by atoms with Crippen LogP contribution in [-0.2, 0) is 0 Å². The summed E-state index contributed by atoms with van der Waals surface area (Å²) in [6.45, 7) is 6.65. The molecule has 0 bridgehead atoms. The molecular weight excluding hydrogens is 244 g/mol. The van der Waals surface area contributed by atoms with Gasteiger partial charge in [0.25, 0.3) is 0 Å². The zero-order chi connectivity index (χ0) is 13.9. The standard InChI is InChI=1S/C14H20N2O3/c1-14(2,3)16-13(17)15-8-10-9-18-11-6-4-5-7-12(11)19-10/h4-7,10H,8-9H2,1-3H3,(H2,15,16,17). The molecule has 1 aromatic carbocycles. The smallest absolute Gasteiger partial charge is 0.315 e. The molecule has 5 heteroatoms. The second-order valence-electron chi connectivity index (χ2n) is 5.58. The van der Waals surface area contributed by atoms with Gasteiger partial charge in [-0.25, -0.2) is 4.79 Å². The van der Waals surface area contributed by atoms with E-state index in [-0.39, 0.29) is 17.7 Å². The fourth-order valence-electron chi connectivity index (χ4n) is 1.75. The van der Waals surface area contributed by atoms with Crippen LogP contribution < -0.4 is 20.1 Å². The second-order valence-corrected chi connectivity index (χ2v) is 5.58. The first-order valence-electron chi connectivity index (χ1n) is 6.38. The van der Waals surface area contributed by atoms with E-state index in [1.807, 2.05) is 45.0 Å². The predicted octanol–water partition coefficient (Wildman–Crippen LogP) is 1.92. The van der Waals surface area contributed by atoms with Crippen LogP contribution in [-0.4, -0.2) is 30.8 Å². The summed E-state index contributed by atoms with van der Waals surface area (Å²) in [6.07, 6.45) is -0.166. The van der Waals surface area contributed by atoms with Crippen molar-refractivity contribution in [3.8, 4) is 11.5 Å². The van der Waals surface area contributed by atoms with Gasteiger partial charge in [-0.3, -0.25) is 0 Å². The van der Waals surface area contributed by atoms with Crippen LogP contribution >= 0.6 is 0 Å². The summed E-state index contributed by atoms with van der Waals surface area (Å²) in [7, 11) is 0. The Bertz CT molecular complexity index is 454. The zero-order valence-electron chi connectivity index (χ0n) is 11.5. The van der Waals surface area contributed by atoms with Crippen LogP contribution in [0.5, 0.6) is 11.5 Å².